The summed E-state index contributed by atoms with van der Waals surface area (Å²) in [6.45, 7) is 4.17. The molecule has 1 aromatic carbocycles. The topological polar surface area (TPSA) is 70.2 Å². The molecule has 1 aromatic rings. The number of hydrogen-bond donors (Lipinski definition) is 3. The van der Waals surface area contributed by atoms with Gasteiger partial charge in [0.2, 0.25) is 5.91 Å². The normalized spacial score (nSPS) is 11.2. The Bertz CT molecular complexity index is 460. The quantitative estimate of drug-likeness (QED) is 0.556. The van der Waals surface area contributed by atoms with Crippen LogP contribution in [0, 0.1) is 0 Å². The first-order valence-corrected chi connectivity index (χ1v) is 8.91. The van der Waals surface area contributed by atoms with Gasteiger partial charge in [0.05, 0.1) is 0 Å². The highest BCUT2D eigenvalue weighted by Crippen LogP contribution is 2.04. The average Bonchev–Trinajstić information content (AvgIpc) is 2.55. The van der Waals surface area contributed by atoms with Crippen LogP contribution < -0.4 is 16.0 Å². The Labute approximate surface area is 148 Å². The van der Waals surface area contributed by atoms with E-state index < -0.39 is 6.04 Å². The molecule has 1 rings (SSSR count). The Morgan fingerprint density at radius 3 is 2.48 bits per heavy atom. The van der Waals surface area contributed by atoms with E-state index in [0.717, 1.165) is 18.8 Å². The summed E-state index contributed by atoms with van der Waals surface area (Å²) in [4.78, 5) is 24.4. The van der Waals surface area contributed by atoms with Crippen molar-refractivity contribution in [3.63, 3.8) is 0 Å². The van der Waals surface area contributed by atoms with Crippen molar-refractivity contribution in [3.05, 3.63) is 35.9 Å². The number of carbonyl (C=O) groups excluding carboxylic acids is 2. The van der Waals surface area contributed by atoms with Crippen LogP contribution in [-0.4, -0.2) is 49.5 Å². The number of likely N-dealkylation sites (N-methyl/N-ethyl adjacent to an activating group) is 1. The van der Waals surface area contributed by atoms with E-state index in [1.54, 1.807) is 23.9 Å². The third-order valence-electron chi connectivity index (χ3n) is 3.12. The van der Waals surface area contributed by atoms with Crippen LogP contribution in [0.5, 0.6) is 0 Å². The van der Waals surface area contributed by atoms with Gasteiger partial charge in [-0.1, -0.05) is 25.1 Å². The molecule has 1 unspecified atom stereocenters. The summed E-state index contributed by atoms with van der Waals surface area (Å²) in [5.41, 5.74) is 0.567. The Morgan fingerprint density at radius 2 is 1.87 bits per heavy atom. The molecular weight excluding hydrogens is 334 g/mol. The van der Waals surface area contributed by atoms with E-state index in [-0.39, 0.29) is 24.2 Å². The molecule has 0 aromatic heterocycles. The molecule has 0 bridgehead atoms. The minimum absolute atomic E-state index is 0. The molecule has 0 spiro atoms. The van der Waals surface area contributed by atoms with Crippen molar-refractivity contribution in [3.8, 4) is 0 Å². The summed E-state index contributed by atoms with van der Waals surface area (Å²) in [7, 11) is 0. The van der Waals surface area contributed by atoms with E-state index in [0.29, 0.717) is 18.5 Å². The van der Waals surface area contributed by atoms with Gasteiger partial charge in [0, 0.05) is 18.7 Å². The highest BCUT2D eigenvalue weighted by molar-refractivity contribution is 7.98. The largest absolute Gasteiger partial charge is 0.353 e. The van der Waals surface area contributed by atoms with E-state index in [4.69, 9.17) is 0 Å². The minimum atomic E-state index is -0.498. The fourth-order valence-corrected chi connectivity index (χ4v) is 2.38. The Morgan fingerprint density at radius 1 is 1.17 bits per heavy atom. The molecule has 5 nitrogen and oxygen atoms in total. The molecule has 1 atom stereocenters. The lowest BCUT2D eigenvalue weighted by Gasteiger charge is -2.18. The predicted molar refractivity (Wildman–Crippen MR) is 99.5 cm³/mol. The molecule has 2 amide bonds. The molecule has 0 aliphatic rings. The van der Waals surface area contributed by atoms with Gasteiger partial charge in [-0.3, -0.25) is 9.59 Å². The van der Waals surface area contributed by atoms with Crippen LogP contribution >= 0.6 is 24.2 Å². The second kappa shape index (κ2) is 13.2. The lowest BCUT2D eigenvalue weighted by Crippen LogP contribution is -2.48. The molecule has 3 N–H and O–H groups in total. The zero-order valence-electron chi connectivity index (χ0n) is 13.6. The SMILES string of the molecule is CCNCCNC(=O)C(CCSC)NC(=O)c1ccccc1.Cl. The summed E-state index contributed by atoms with van der Waals surface area (Å²) in [6.07, 6.45) is 2.60. The molecule has 23 heavy (non-hydrogen) atoms. The molecule has 0 aliphatic heterocycles. The fraction of sp³-hybridized carbons (Fsp3) is 0.500. The zero-order chi connectivity index (χ0) is 16.2. The van der Waals surface area contributed by atoms with Crippen molar-refractivity contribution in [2.24, 2.45) is 0 Å². The van der Waals surface area contributed by atoms with Crippen LogP contribution in [0.25, 0.3) is 0 Å². The molecule has 7 heteroatoms. The maximum Gasteiger partial charge on any atom is 0.251 e. The van der Waals surface area contributed by atoms with Gasteiger partial charge in [0.25, 0.3) is 5.91 Å². The second-order valence-electron chi connectivity index (χ2n) is 4.82. The van der Waals surface area contributed by atoms with Gasteiger partial charge in [0.15, 0.2) is 0 Å². The van der Waals surface area contributed by atoms with Gasteiger partial charge >= 0.3 is 0 Å². The lowest BCUT2D eigenvalue weighted by atomic mass is 10.1. The summed E-state index contributed by atoms with van der Waals surface area (Å²) < 4.78 is 0. The predicted octanol–water partition coefficient (Wildman–Crippen LogP) is 1.69. The molecular formula is C16H26ClN3O2S. The highest BCUT2D eigenvalue weighted by Gasteiger charge is 2.20. The monoisotopic (exact) mass is 359 g/mol. The van der Waals surface area contributed by atoms with Gasteiger partial charge in [-0.15, -0.1) is 12.4 Å². The molecule has 0 fully saturated rings. The van der Waals surface area contributed by atoms with Gasteiger partial charge < -0.3 is 16.0 Å². The number of hydrogen-bond acceptors (Lipinski definition) is 4. The van der Waals surface area contributed by atoms with Crippen molar-refractivity contribution < 1.29 is 9.59 Å². The summed E-state index contributed by atoms with van der Waals surface area (Å²) in [5, 5.41) is 8.83. The minimum Gasteiger partial charge on any atom is -0.353 e. The third-order valence-corrected chi connectivity index (χ3v) is 3.76. The van der Waals surface area contributed by atoms with Gasteiger partial charge in [0.1, 0.15) is 6.04 Å². The smallest absolute Gasteiger partial charge is 0.251 e. The maximum atomic E-state index is 12.2. The molecule has 130 valence electrons. The van der Waals surface area contributed by atoms with Crippen LogP contribution in [-0.2, 0) is 4.79 Å². The first-order chi connectivity index (χ1) is 10.7. The van der Waals surface area contributed by atoms with Gasteiger partial charge in [-0.25, -0.2) is 0 Å². The maximum absolute atomic E-state index is 12.2. The van der Waals surface area contributed by atoms with Crippen molar-refractivity contribution in [1.82, 2.24) is 16.0 Å². The van der Waals surface area contributed by atoms with E-state index in [1.165, 1.54) is 0 Å². The number of halogens is 1. The molecule has 0 radical (unpaired) electrons. The number of nitrogens with one attached hydrogen (secondary N) is 3. The van der Waals surface area contributed by atoms with Crippen LogP contribution in [0.3, 0.4) is 0 Å². The number of thioether (sulfide) groups is 1. The fourth-order valence-electron chi connectivity index (χ4n) is 1.91. The standard InChI is InChI=1S/C16H25N3O2S.ClH/c1-3-17-10-11-18-16(21)14(9-12-22-2)19-15(20)13-7-5-4-6-8-13;/h4-8,14,17H,3,9-12H2,1-2H3,(H,18,21)(H,19,20);1H. The Hall–Kier alpha value is -1.24. The van der Waals surface area contributed by atoms with Gasteiger partial charge in [-0.2, -0.15) is 11.8 Å². The summed E-state index contributed by atoms with van der Waals surface area (Å²) in [6, 6.07) is 8.45. The van der Waals surface area contributed by atoms with Crippen molar-refractivity contribution in [1.29, 1.82) is 0 Å². The Balaban J connectivity index is 0.00000484. The zero-order valence-corrected chi connectivity index (χ0v) is 15.3. The molecule has 0 heterocycles. The van der Waals surface area contributed by atoms with Gasteiger partial charge in [-0.05, 0) is 37.1 Å². The third kappa shape index (κ3) is 8.83. The van der Waals surface area contributed by atoms with Crippen molar-refractivity contribution in [2.75, 3.05) is 31.6 Å². The molecule has 0 saturated carbocycles. The number of rotatable bonds is 10. The van der Waals surface area contributed by atoms with E-state index in [1.807, 2.05) is 31.4 Å². The summed E-state index contributed by atoms with van der Waals surface area (Å²) >= 11 is 1.66. The highest BCUT2D eigenvalue weighted by atomic mass is 35.5. The first kappa shape index (κ1) is 21.8. The van der Waals surface area contributed by atoms with E-state index >= 15 is 0 Å². The average molecular weight is 360 g/mol. The van der Waals surface area contributed by atoms with Crippen molar-refractivity contribution >= 4 is 36.0 Å². The van der Waals surface area contributed by atoms with Crippen molar-refractivity contribution in [2.45, 2.75) is 19.4 Å². The number of benzene rings is 1. The number of amides is 2. The van der Waals surface area contributed by atoms with E-state index in [9.17, 15) is 9.59 Å². The van der Waals surface area contributed by atoms with Crippen LogP contribution in [0.2, 0.25) is 0 Å². The first-order valence-electron chi connectivity index (χ1n) is 7.52. The summed E-state index contributed by atoms with van der Waals surface area (Å²) in [5.74, 6) is 0.477. The molecule has 0 saturated heterocycles. The second-order valence-corrected chi connectivity index (χ2v) is 5.80. The van der Waals surface area contributed by atoms with E-state index in [2.05, 4.69) is 16.0 Å². The van der Waals surface area contributed by atoms with Crippen LogP contribution in [0.15, 0.2) is 30.3 Å². The van der Waals surface area contributed by atoms with Crippen LogP contribution in [0.1, 0.15) is 23.7 Å². The van der Waals surface area contributed by atoms with Crippen LogP contribution in [0.4, 0.5) is 0 Å². The Kier molecular flexibility index (Phi) is 12.5. The number of carbonyl (C=O) groups is 2. The lowest BCUT2D eigenvalue weighted by molar-refractivity contribution is -0.122. The molecule has 0 aliphatic carbocycles.